The van der Waals surface area contributed by atoms with Gasteiger partial charge in [-0.25, -0.2) is 0 Å². The molecule has 1 aromatic rings. The number of aliphatic hydroxyl groups is 2. The Morgan fingerprint density at radius 3 is 2.45 bits per heavy atom. The molecule has 0 spiro atoms. The van der Waals surface area contributed by atoms with Crippen molar-refractivity contribution in [3.63, 3.8) is 0 Å². The summed E-state index contributed by atoms with van der Waals surface area (Å²) < 4.78 is 0. The molecular weight excluding hydrogens is 254 g/mol. The number of rotatable bonds is 10. The van der Waals surface area contributed by atoms with Crippen LogP contribution in [0.5, 0.6) is 0 Å². The topological polar surface area (TPSA) is 69.6 Å². The van der Waals surface area contributed by atoms with E-state index in [-0.39, 0.29) is 12.3 Å². The maximum absolute atomic E-state index is 11.8. The van der Waals surface area contributed by atoms with Gasteiger partial charge in [-0.3, -0.25) is 4.79 Å². The number of carbonyl (C=O) groups excluding carboxylic acids is 1. The zero-order valence-corrected chi connectivity index (χ0v) is 12.1. The lowest BCUT2D eigenvalue weighted by molar-refractivity contribution is 0.00913. The van der Waals surface area contributed by atoms with E-state index in [1.165, 1.54) is 0 Å². The Bertz CT molecular complexity index is 381. The first-order valence-corrected chi connectivity index (χ1v) is 7.30. The zero-order chi connectivity index (χ0) is 14.8. The first-order valence-electron chi connectivity index (χ1n) is 7.30. The number of hydrogen-bond acceptors (Lipinski definition) is 4. The van der Waals surface area contributed by atoms with Gasteiger partial charge in [-0.15, -0.1) is 0 Å². The highest BCUT2D eigenvalue weighted by Crippen LogP contribution is 2.07. The van der Waals surface area contributed by atoms with Gasteiger partial charge < -0.3 is 15.5 Å². The van der Waals surface area contributed by atoms with Crippen LogP contribution < -0.4 is 5.32 Å². The van der Waals surface area contributed by atoms with E-state index in [4.69, 9.17) is 0 Å². The summed E-state index contributed by atoms with van der Waals surface area (Å²) in [6, 6.07) is 9.11. The maximum atomic E-state index is 11.8. The Balaban J connectivity index is 2.17. The molecule has 0 bridgehead atoms. The number of benzene rings is 1. The van der Waals surface area contributed by atoms with Crippen LogP contribution in [0.25, 0.3) is 0 Å². The second kappa shape index (κ2) is 9.64. The van der Waals surface area contributed by atoms with E-state index >= 15 is 0 Å². The average molecular weight is 279 g/mol. The molecule has 0 amide bonds. The lowest BCUT2D eigenvalue weighted by Gasteiger charge is -2.17. The molecule has 0 heterocycles. The van der Waals surface area contributed by atoms with E-state index < -0.39 is 12.2 Å². The van der Waals surface area contributed by atoms with Crippen LogP contribution in [0.2, 0.25) is 0 Å². The summed E-state index contributed by atoms with van der Waals surface area (Å²) in [7, 11) is 0. The van der Waals surface area contributed by atoms with Crippen molar-refractivity contribution in [1.82, 2.24) is 5.32 Å². The van der Waals surface area contributed by atoms with Crippen LogP contribution in [0.4, 0.5) is 0 Å². The third-order valence-electron chi connectivity index (χ3n) is 3.30. The maximum Gasteiger partial charge on any atom is 0.176 e. The van der Waals surface area contributed by atoms with Crippen LogP contribution >= 0.6 is 0 Å². The highest BCUT2D eigenvalue weighted by molar-refractivity contribution is 5.97. The molecule has 112 valence electrons. The Kier molecular flexibility index (Phi) is 8.11. The molecule has 0 aliphatic rings. The summed E-state index contributed by atoms with van der Waals surface area (Å²) >= 11 is 0. The van der Waals surface area contributed by atoms with Crippen molar-refractivity contribution in [3.8, 4) is 0 Å². The van der Waals surface area contributed by atoms with E-state index in [1.54, 1.807) is 12.1 Å². The van der Waals surface area contributed by atoms with Gasteiger partial charge in [-0.1, -0.05) is 50.1 Å². The third kappa shape index (κ3) is 6.28. The number of aliphatic hydroxyl groups excluding tert-OH is 2. The monoisotopic (exact) mass is 279 g/mol. The minimum atomic E-state index is -0.721. The second-order valence-electron chi connectivity index (χ2n) is 5.03. The molecule has 0 fully saturated rings. The van der Waals surface area contributed by atoms with E-state index in [0.29, 0.717) is 24.9 Å². The van der Waals surface area contributed by atoms with E-state index in [0.717, 1.165) is 12.8 Å². The predicted molar refractivity (Wildman–Crippen MR) is 79.8 cm³/mol. The largest absolute Gasteiger partial charge is 0.390 e. The quantitative estimate of drug-likeness (QED) is 0.451. The van der Waals surface area contributed by atoms with E-state index in [2.05, 4.69) is 12.2 Å². The molecule has 0 saturated carbocycles. The van der Waals surface area contributed by atoms with Crippen LogP contribution in [0.15, 0.2) is 30.3 Å². The fourth-order valence-electron chi connectivity index (χ4n) is 1.98. The average Bonchev–Trinajstić information content (AvgIpc) is 2.49. The van der Waals surface area contributed by atoms with Crippen molar-refractivity contribution in [2.45, 2.75) is 44.8 Å². The fraction of sp³-hybridized carbons (Fsp3) is 0.562. The van der Waals surface area contributed by atoms with Crippen molar-refractivity contribution in [1.29, 1.82) is 0 Å². The van der Waals surface area contributed by atoms with Crippen molar-refractivity contribution < 1.29 is 15.0 Å². The highest BCUT2D eigenvalue weighted by atomic mass is 16.3. The lowest BCUT2D eigenvalue weighted by atomic mass is 10.0. The molecule has 20 heavy (non-hydrogen) atoms. The van der Waals surface area contributed by atoms with E-state index in [9.17, 15) is 15.0 Å². The van der Waals surface area contributed by atoms with Crippen molar-refractivity contribution in [3.05, 3.63) is 35.9 Å². The smallest absolute Gasteiger partial charge is 0.176 e. The van der Waals surface area contributed by atoms with Gasteiger partial charge >= 0.3 is 0 Å². The second-order valence-corrected chi connectivity index (χ2v) is 5.03. The molecule has 0 aliphatic carbocycles. The van der Waals surface area contributed by atoms with Gasteiger partial charge in [-0.2, -0.15) is 0 Å². The number of Topliss-reactive ketones (excluding diaryl/α,β-unsaturated/α-hetero) is 1. The van der Waals surface area contributed by atoms with Gasteiger partial charge in [0.1, 0.15) is 0 Å². The number of nitrogens with one attached hydrogen (secondary N) is 1. The summed E-state index contributed by atoms with van der Waals surface area (Å²) in [6.45, 7) is 2.82. The Hall–Kier alpha value is -1.23. The summed E-state index contributed by atoms with van der Waals surface area (Å²) in [5.74, 6) is 0.0339. The molecule has 4 heteroatoms. The predicted octanol–water partition coefficient (Wildman–Crippen LogP) is 1.76. The van der Waals surface area contributed by atoms with Crippen LogP contribution in [0.3, 0.4) is 0 Å². The highest BCUT2D eigenvalue weighted by Gasteiger charge is 2.15. The van der Waals surface area contributed by atoms with Gasteiger partial charge in [0, 0.05) is 5.56 Å². The number of unbranched alkanes of at least 4 members (excludes halogenated alkanes) is 1. The van der Waals surface area contributed by atoms with Crippen molar-refractivity contribution >= 4 is 5.78 Å². The fourth-order valence-corrected chi connectivity index (χ4v) is 1.98. The first-order chi connectivity index (χ1) is 9.65. The number of hydrogen-bond donors (Lipinski definition) is 3. The molecule has 0 aromatic heterocycles. The third-order valence-corrected chi connectivity index (χ3v) is 3.30. The molecule has 0 radical (unpaired) electrons. The molecule has 0 aliphatic heterocycles. The molecule has 3 N–H and O–H groups in total. The summed E-state index contributed by atoms with van der Waals surface area (Å²) in [5.41, 5.74) is 0.684. The molecule has 2 unspecified atom stereocenters. The summed E-state index contributed by atoms with van der Waals surface area (Å²) in [6.07, 6.45) is 1.61. The normalized spacial score (nSPS) is 13.9. The lowest BCUT2D eigenvalue weighted by Crippen LogP contribution is -2.31. The molecular formula is C16H25NO3. The Morgan fingerprint density at radius 2 is 1.80 bits per heavy atom. The van der Waals surface area contributed by atoms with Crippen molar-refractivity contribution in [2.75, 3.05) is 13.1 Å². The minimum absolute atomic E-state index is 0.0339. The van der Waals surface area contributed by atoms with E-state index in [1.807, 2.05) is 18.2 Å². The SMILES string of the molecule is CCCCC(O)C(O)CCNCC(=O)c1ccccc1. The van der Waals surface area contributed by atoms with Crippen molar-refractivity contribution in [2.24, 2.45) is 0 Å². The molecule has 1 aromatic carbocycles. The molecule has 4 nitrogen and oxygen atoms in total. The minimum Gasteiger partial charge on any atom is -0.390 e. The number of ketones is 1. The van der Waals surface area contributed by atoms with Gasteiger partial charge in [0.05, 0.1) is 18.8 Å². The summed E-state index contributed by atoms with van der Waals surface area (Å²) in [4.78, 5) is 11.8. The van der Waals surface area contributed by atoms with Gasteiger partial charge in [0.25, 0.3) is 0 Å². The Labute approximate surface area is 120 Å². The number of carbonyl (C=O) groups is 1. The Morgan fingerprint density at radius 1 is 1.15 bits per heavy atom. The molecule has 1 rings (SSSR count). The standard InChI is InChI=1S/C16H25NO3/c1-2-3-9-14(18)15(19)10-11-17-12-16(20)13-7-5-4-6-8-13/h4-8,14-15,17-19H,2-3,9-12H2,1H3. The van der Waals surface area contributed by atoms with Gasteiger partial charge in [0.15, 0.2) is 5.78 Å². The molecule has 0 saturated heterocycles. The van der Waals surface area contributed by atoms with Crippen LogP contribution in [0, 0.1) is 0 Å². The first kappa shape index (κ1) is 16.8. The van der Waals surface area contributed by atoms with Gasteiger partial charge in [0.2, 0.25) is 0 Å². The van der Waals surface area contributed by atoms with Gasteiger partial charge in [-0.05, 0) is 19.4 Å². The molecule has 2 atom stereocenters. The zero-order valence-electron chi connectivity index (χ0n) is 12.1. The van der Waals surface area contributed by atoms with Crippen LogP contribution in [-0.2, 0) is 0 Å². The summed E-state index contributed by atoms with van der Waals surface area (Å²) in [5, 5.41) is 22.4. The van der Waals surface area contributed by atoms with Crippen LogP contribution in [-0.4, -0.2) is 41.3 Å². The van der Waals surface area contributed by atoms with Crippen LogP contribution in [0.1, 0.15) is 43.0 Å².